The van der Waals surface area contributed by atoms with Gasteiger partial charge in [0.1, 0.15) is 11.5 Å². The van der Waals surface area contributed by atoms with Crippen LogP contribution < -0.4 is 0 Å². The van der Waals surface area contributed by atoms with Gasteiger partial charge in [-0.25, -0.2) is 9.97 Å². The number of carbonyl (C=O) groups is 1. The molecule has 0 aliphatic heterocycles. The Morgan fingerprint density at radius 2 is 2.13 bits per heavy atom. The average molecular weight is 204 g/mol. The summed E-state index contributed by atoms with van der Waals surface area (Å²) < 4.78 is 0. The van der Waals surface area contributed by atoms with E-state index in [9.17, 15) is 4.79 Å². The van der Waals surface area contributed by atoms with Gasteiger partial charge in [0, 0.05) is 12.1 Å². The molecule has 0 amide bonds. The zero-order valence-corrected chi connectivity index (χ0v) is 9.07. The number of nitrogens with zero attached hydrogens (tertiary/aromatic N) is 2. The summed E-state index contributed by atoms with van der Waals surface area (Å²) in [7, 11) is 0. The second-order valence-electron chi connectivity index (χ2n) is 4.32. The van der Waals surface area contributed by atoms with Gasteiger partial charge in [-0.2, -0.15) is 0 Å². The molecule has 1 heterocycles. The summed E-state index contributed by atoms with van der Waals surface area (Å²) in [6.07, 6.45) is 6.96. The standard InChI is InChI=1S/C12H16N2O/c1-9-6-11(8-15)14-12(13-9)7-10-4-2-3-5-10/h6,8,10H,2-5,7H2,1H3. The Hall–Kier alpha value is -1.25. The predicted octanol–water partition coefficient (Wildman–Crippen LogP) is 2.33. The molecule has 1 aliphatic rings. The second-order valence-corrected chi connectivity index (χ2v) is 4.32. The molecule has 1 aromatic rings. The highest BCUT2D eigenvalue weighted by molar-refractivity contribution is 5.71. The summed E-state index contributed by atoms with van der Waals surface area (Å²) in [5, 5.41) is 0. The molecule has 2 rings (SSSR count). The number of carbonyl (C=O) groups excluding carboxylic acids is 1. The molecule has 0 N–H and O–H groups in total. The number of hydrogen-bond donors (Lipinski definition) is 0. The Balaban J connectivity index is 2.12. The fourth-order valence-electron chi connectivity index (χ4n) is 2.28. The Morgan fingerprint density at radius 1 is 1.40 bits per heavy atom. The van der Waals surface area contributed by atoms with E-state index in [1.807, 2.05) is 6.92 Å². The van der Waals surface area contributed by atoms with Crippen LogP contribution >= 0.6 is 0 Å². The number of aromatic nitrogens is 2. The maximum Gasteiger partial charge on any atom is 0.168 e. The van der Waals surface area contributed by atoms with Gasteiger partial charge in [0.15, 0.2) is 6.29 Å². The SMILES string of the molecule is Cc1cc(C=O)nc(CC2CCCC2)n1. The van der Waals surface area contributed by atoms with Crippen LogP contribution in [0.15, 0.2) is 6.07 Å². The molecule has 0 bridgehead atoms. The first-order chi connectivity index (χ1) is 7.28. The van der Waals surface area contributed by atoms with Crippen LogP contribution in [0, 0.1) is 12.8 Å². The third-order valence-corrected chi connectivity index (χ3v) is 2.99. The van der Waals surface area contributed by atoms with Crippen LogP contribution in [0.25, 0.3) is 0 Å². The summed E-state index contributed by atoms with van der Waals surface area (Å²) >= 11 is 0. The molecule has 1 aromatic heterocycles. The van der Waals surface area contributed by atoms with Gasteiger partial charge in [0.2, 0.25) is 0 Å². The Morgan fingerprint density at radius 3 is 2.80 bits per heavy atom. The van der Waals surface area contributed by atoms with E-state index < -0.39 is 0 Å². The summed E-state index contributed by atoms with van der Waals surface area (Å²) in [6, 6.07) is 1.73. The summed E-state index contributed by atoms with van der Waals surface area (Å²) in [6.45, 7) is 1.91. The molecule has 0 unspecified atom stereocenters. The van der Waals surface area contributed by atoms with Gasteiger partial charge < -0.3 is 0 Å². The Bertz CT molecular complexity index is 357. The van der Waals surface area contributed by atoms with E-state index in [1.165, 1.54) is 25.7 Å². The molecule has 0 radical (unpaired) electrons. The average Bonchev–Trinajstić information content (AvgIpc) is 2.69. The number of rotatable bonds is 3. The largest absolute Gasteiger partial charge is 0.296 e. The molecular weight excluding hydrogens is 188 g/mol. The van der Waals surface area contributed by atoms with E-state index in [-0.39, 0.29) is 0 Å². The predicted molar refractivity (Wildman–Crippen MR) is 57.8 cm³/mol. The van der Waals surface area contributed by atoms with Crippen LogP contribution in [-0.2, 0) is 6.42 Å². The first-order valence-corrected chi connectivity index (χ1v) is 5.57. The molecule has 1 aliphatic carbocycles. The first-order valence-electron chi connectivity index (χ1n) is 5.57. The van der Waals surface area contributed by atoms with Gasteiger partial charge in [-0.05, 0) is 18.9 Å². The molecule has 80 valence electrons. The van der Waals surface area contributed by atoms with Gasteiger partial charge >= 0.3 is 0 Å². The number of aryl methyl sites for hydroxylation is 1. The lowest BCUT2D eigenvalue weighted by Crippen LogP contribution is -2.06. The monoisotopic (exact) mass is 204 g/mol. The molecule has 0 saturated heterocycles. The maximum atomic E-state index is 10.7. The lowest BCUT2D eigenvalue weighted by molar-refractivity contribution is 0.111. The van der Waals surface area contributed by atoms with Gasteiger partial charge in [0.05, 0.1) is 0 Å². The van der Waals surface area contributed by atoms with Gasteiger partial charge in [-0.15, -0.1) is 0 Å². The van der Waals surface area contributed by atoms with Crippen LogP contribution in [-0.4, -0.2) is 16.3 Å². The molecule has 1 saturated carbocycles. The highest BCUT2D eigenvalue weighted by Crippen LogP contribution is 2.27. The molecule has 3 heteroatoms. The van der Waals surface area contributed by atoms with Crippen molar-refractivity contribution in [2.45, 2.75) is 39.0 Å². The summed E-state index contributed by atoms with van der Waals surface area (Å²) in [5.74, 6) is 1.57. The third kappa shape index (κ3) is 2.61. The molecule has 15 heavy (non-hydrogen) atoms. The van der Waals surface area contributed by atoms with Crippen LogP contribution in [0.1, 0.15) is 47.7 Å². The Labute approximate surface area is 89.9 Å². The molecule has 0 atom stereocenters. The van der Waals surface area contributed by atoms with Crippen LogP contribution in [0.5, 0.6) is 0 Å². The van der Waals surface area contributed by atoms with E-state index >= 15 is 0 Å². The van der Waals surface area contributed by atoms with Crippen LogP contribution in [0.2, 0.25) is 0 Å². The fourth-order valence-corrected chi connectivity index (χ4v) is 2.28. The van der Waals surface area contributed by atoms with Gasteiger partial charge in [-0.3, -0.25) is 4.79 Å². The highest BCUT2D eigenvalue weighted by Gasteiger charge is 2.17. The molecule has 0 spiro atoms. The lowest BCUT2D eigenvalue weighted by Gasteiger charge is -2.08. The van der Waals surface area contributed by atoms with Crippen molar-refractivity contribution in [1.29, 1.82) is 0 Å². The van der Waals surface area contributed by atoms with E-state index in [0.717, 1.165) is 30.1 Å². The molecule has 1 fully saturated rings. The van der Waals surface area contributed by atoms with Crippen molar-refractivity contribution in [1.82, 2.24) is 9.97 Å². The van der Waals surface area contributed by atoms with Crippen molar-refractivity contribution >= 4 is 6.29 Å². The topological polar surface area (TPSA) is 42.9 Å². The number of hydrogen-bond acceptors (Lipinski definition) is 3. The normalized spacial score (nSPS) is 16.9. The van der Waals surface area contributed by atoms with Crippen molar-refractivity contribution < 1.29 is 4.79 Å². The zero-order chi connectivity index (χ0) is 10.7. The smallest absolute Gasteiger partial charge is 0.168 e. The molecule has 0 aromatic carbocycles. The molecular formula is C12H16N2O. The maximum absolute atomic E-state index is 10.7. The van der Waals surface area contributed by atoms with Gasteiger partial charge in [0.25, 0.3) is 0 Å². The van der Waals surface area contributed by atoms with Crippen LogP contribution in [0.3, 0.4) is 0 Å². The summed E-state index contributed by atoms with van der Waals surface area (Å²) in [4.78, 5) is 19.3. The van der Waals surface area contributed by atoms with Crippen molar-refractivity contribution in [2.75, 3.05) is 0 Å². The first kappa shape index (κ1) is 10.3. The highest BCUT2D eigenvalue weighted by atomic mass is 16.1. The van der Waals surface area contributed by atoms with Crippen molar-refractivity contribution in [3.63, 3.8) is 0 Å². The summed E-state index contributed by atoms with van der Waals surface area (Å²) in [5.41, 5.74) is 1.40. The minimum absolute atomic E-state index is 0.510. The zero-order valence-electron chi connectivity index (χ0n) is 9.07. The second kappa shape index (κ2) is 4.51. The van der Waals surface area contributed by atoms with E-state index in [1.54, 1.807) is 6.07 Å². The fraction of sp³-hybridized carbons (Fsp3) is 0.583. The third-order valence-electron chi connectivity index (χ3n) is 2.99. The van der Waals surface area contributed by atoms with Crippen LogP contribution in [0.4, 0.5) is 0 Å². The van der Waals surface area contributed by atoms with E-state index in [0.29, 0.717) is 5.69 Å². The molecule has 3 nitrogen and oxygen atoms in total. The van der Waals surface area contributed by atoms with Crippen molar-refractivity contribution in [3.8, 4) is 0 Å². The van der Waals surface area contributed by atoms with Gasteiger partial charge in [-0.1, -0.05) is 25.7 Å². The number of aldehydes is 1. The minimum atomic E-state index is 0.510. The van der Waals surface area contributed by atoms with Crippen molar-refractivity contribution in [2.24, 2.45) is 5.92 Å². The van der Waals surface area contributed by atoms with E-state index in [2.05, 4.69) is 9.97 Å². The van der Waals surface area contributed by atoms with E-state index in [4.69, 9.17) is 0 Å². The quantitative estimate of drug-likeness (QED) is 0.710. The lowest BCUT2D eigenvalue weighted by atomic mass is 10.0. The minimum Gasteiger partial charge on any atom is -0.296 e. The van der Waals surface area contributed by atoms with Crippen molar-refractivity contribution in [3.05, 3.63) is 23.3 Å². The Kier molecular flexibility index (Phi) is 3.09.